The molecule has 0 fully saturated rings. The predicted octanol–water partition coefficient (Wildman–Crippen LogP) is 3.22. The molecule has 1 aromatic heterocycles. The second-order valence-electron chi connectivity index (χ2n) is 2.93. The van der Waals surface area contributed by atoms with Crippen LogP contribution in [0.25, 0.3) is 0 Å². The molecule has 0 atom stereocenters. The monoisotopic (exact) mass is 264 g/mol. The third-order valence-corrected chi connectivity index (χ3v) is 2.45. The highest BCUT2D eigenvalue weighted by atomic mass is 79.9. The fraction of sp³-hybridized carbons (Fsp3) is 0. The molecule has 2 aromatic rings. The number of aromatic nitrogens is 1. The molecule has 0 aliphatic carbocycles. The molecule has 2 rings (SSSR count). The lowest BCUT2D eigenvalue weighted by Crippen LogP contribution is -1.93. The van der Waals surface area contributed by atoms with Crippen molar-refractivity contribution in [3.05, 3.63) is 46.9 Å². The van der Waals surface area contributed by atoms with Crippen molar-refractivity contribution < 1.29 is 4.74 Å². The highest BCUT2D eigenvalue weighted by molar-refractivity contribution is 9.10. The summed E-state index contributed by atoms with van der Waals surface area (Å²) >= 11 is 3.39. The number of pyridine rings is 1. The van der Waals surface area contributed by atoms with E-state index < -0.39 is 0 Å². The van der Waals surface area contributed by atoms with E-state index >= 15 is 0 Å². The largest absolute Gasteiger partial charge is 0.438 e. The summed E-state index contributed by atoms with van der Waals surface area (Å²) in [7, 11) is 0. The quantitative estimate of drug-likeness (QED) is 0.906. The van der Waals surface area contributed by atoms with Crippen LogP contribution < -0.4 is 10.5 Å². The second-order valence-corrected chi connectivity index (χ2v) is 3.79. The molecule has 0 aliphatic rings. The smallest absolute Gasteiger partial charge is 0.221 e. The van der Waals surface area contributed by atoms with E-state index in [9.17, 15) is 0 Å². The van der Waals surface area contributed by atoms with E-state index in [0.29, 0.717) is 11.7 Å². The molecule has 0 radical (unpaired) electrons. The van der Waals surface area contributed by atoms with Gasteiger partial charge in [0.2, 0.25) is 5.88 Å². The number of hydrogen-bond acceptors (Lipinski definition) is 3. The van der Waals surface area contributed by atoms with Crippen molar-refractivity contribution in [1.29, 1.82) is 0 Å². The lowest BCUT2D eigenvalue weighted by Gasteiger charge is -2.06. The van der Waals surface area contributed by atoms with Crippen molar-refractivity contribution in [2.45, 2.75) is 0 Å². The van der Waals surface area contributed by atoms with Crippen LogP contribution in [0.2, 0.25) is 0 Å². The molecule has 0 spiro atoms. The summed E-state index contributed by atoms with van der Waals surface area (Å²) in [5, 5.41) is 0. The number of hydrogen-bond donors (Lipinski definition) is 1. The van der Waals surface area contributed by atoms with Crippen LogP contribution in [0.3, 0.4) is 0 Å². The van der Waals surface area contributed by atoms with Gasteiger partial charge in [0.25, 0.3) is 0 Å². The molecule has 2 N–H and O–H groups in total. The molecule has 1 heterocycles. The fourth-order valence-electron chi connectivity index (χ4n) is 1.13. The summed E-state index contributed by atoms with van der Waals surface area (Å²) in [5.74, 6) is 1.65. The Bertz CT molecular complexity index is 474. The second kappa shape index (κ2) is 4.31. The number of para-hydroxylation sites is 1. The molecule has 0 amide bonds. The van der Waals surface area contributed by atoms with Gasteiger partial charge in [0.15, 0.2) is 0 Å². The van der Waals surface area contributed by atoms with Gasteiger partial charge in [-0.2, -0.15) is 4.98 Å². The third-order valence-electron chi connectivity index (χ3n) is 1.80. The zero-order valence-electron chi connectivity index (χ0n) is 7.85. The summed E-state index contributed by atoms with van der Waals surface area (Å²) in [4.78, 5) is 4.04. The summed E-state index contributed by atoms with van der Waals surface area (Å²) in [6.07, 6.45) is 0. The SMILES string of the molecule is Nc1cccc(Oc2ccccc2Br)n1. The Morgan fingerprint density at radius 2 is 1.87 bits per heavy atom. The Labute approximate surface area is 96.0 Å². The summed E-state index contributed by atoms with van der Waals surface area (Å²) < 4.78 is 6.44. The van der Waals surface area contributed by atoms with Gasteiger partial charge in [0.05, 0.1) is 4.47 Å². The number of nitrogens with two attached hydrogens (primary N) is 1. The maximum Gasteiger partial charge on any atom is 0.221 e. The molecule has 0 saturated carbocycles. The van der Waals surface area contributed by atoms with Gasteiger partial charge in [-0.15, -0.1) is 0 Å². The van der Waals surface area contributed by atoms with Crippen LogP contribution in [0, 0.1) is 0 Å². The first-order valence-electron chi connectivity index (χ1n) is 4.40. The van der Waals surface area contributed by atoms with E-state index in [2.05, 4.69) is 20.9 Å². The third kappa shape index (κ3) is 2.47. The van der Waals surface area contributed by atoms with E-state index in [0.717, 1.165) is 10.2 Å². The maximum atomic E-state index is 5.55. The average Bonchev–Trinajstić information content (AvgIpc) is 2.22. The molecular formula is C11H9BrN2O. The maximum absolute atomic E-state index is 5.55. The van der Waals surface area contributed by atoms with Gasteiger partial charge in [-0.3, -0.25) is 0 Å². The van der Waals surface area contributed by atoms with Crippen molar-refractivity contribution in [3.63, 3.8) is 0 Å². The van der Waals surface area contributed by atoms with Crippen LogP contribution in [-0.4, -0.2) is 4.98 Å². The molecule has 15 heavy (non-hydrogen) atoms. The molecule has 0 bridgehead atoms. The normalized spacial score (nSPS) is 9.93. The Balaban J connectivity index is 2.26. The number of ether oxygens (including phenoxy) is 1. The minimum absolute atomic E-state index is 0.444. The number of nitrogens with zero attached hydrogens (tertiary/aromatic N) is 1. The van der Waals surface area contributed by atoms with Crippen molar-refractivity contribution in [3.8, 4) is 11.6 Å². The van der Waals surface area contributed by atoms with Gasteiger partial charge in [-0.25, -0.2) is 0 Å². The molecule has 0 unspecified atom stereocenters. The summed E-state index contributed by atoms with van der Waals surface area (Å²) in [6, 6.07) is 12.9. The van der Waals surface area contributed by atoms with E-state index in [-0.39, 0.29) is 0 Å². The topological polar surface area (TPSA) is 48.1 Å². The molecule has 0 aliphatic heterocycles. The van der Waals surface area contributed by atoms with Crippen LogP contribution in [0.4, 0.5) is 5.82 Å². The standard InChI is InChI=1S/C11H9BrN2O/c12-8-4-1-2-5-9(8)15-11-7-3-6-10(13)14-11/h1-7H,(H2,13,14). The summed E-state index contributed by atoms with van der Waals surface area (Å²) in [5.41, 5.74) is 5.55. The van der Waals surface area contributed by atoms with E-state index in [1.807, 2.05) is 24.3 Å². The molecule has 0 saturated heterocycles. The van der Waals surface area contributed by atoms with Crippen molar-refractivity contribution in [2.75, 3.05) is 5.73 Å². The minimum Gasteiger partial charge on any atom is -0.438 e. The van der Waals surface area contributed by atoms with Gasteiger partial charge in [0, 0.05) is 6.07 Å². The van der Waals surface area contributed by atoms with E-state index in [1.54, 1.807) is 18.2 Å². The molecule has 76 valence electrons. The number of benzene rings is 1. The Morgan fingerprint density at radius 1 is 1.07 bits per heavy atom. The molecular weight excluding hydrogens is 256 g/mol. The highest BCUT2D eigenvalue weighted by Gasteiger charge is 2.02. The number of nitrogen functional groups attached to an aromatic ring is 1. The lowest BCUT2D eigenvalue weighted by atomic mass is 10.3. The number of halogens is 1. The van der Waals surface area contributed by atoms with Gasteiger partial charge >= 0.3 is 0 Å². The minimum atomic E-state index is 0.444. The van der Waals surface area contributed by atoms with Crippen molar-refractivity contribution in [1.82, 2.24) is 4.98 Å². The fourth-order valence-corrected chi connectivity index (χ4v) is 1.49. The lowest BCUT2D eigenvalue weighted by molar-refractivity contribution is 0.461. The van der Waals surface area contributed by atoms with Crippen LogP contribution in [0.1, 0.15) is 0 Å². The van der Waals surface area contributed by atoms with Crippen LogP contribution in [0.5, 0.6) is 11.6 Å². The average molecular weight is 265 g/mol. The van der Waals surface area contributed by atoms with Crippen LogP contribution in [0.15, 0.2) is 46.9 Å². The molecule has 1 aromatic carbocycles. The van der Waals surface area contributed by atoms with Crippen molar-refractivity contribution in [2.24, 2.45) is 0 Å². The first-order valence-corrected chi connectivity index (χ1v) is 5.20. The van der Waals surface area contributed by atoms with Gasteiger partial charge in [0.1, 0.15) is 11.6 Å². The molecule has 3 nitrogen and oxygen atoms in total. The highest BCUT2D eigenvalue weighted by Crippen LogP contribution is 2.28. The number of rotatable bonds is 2. The zero-order valence-corrected chi connectivity index (χ0v) is 9.44. The Kier molecular flexibility index (Phi) is 2.87. The van der Waals surface area contributed by atoms with Gasteiger partial charge in [-0.1, -0.05) is 18.2 Å². The predicted molar refractivity (Wildman–Crippen MR) is 62.9 cm³/mol. The molecule has 4 heteroatoms. The first kappa shape index (κ1) is 9.98. The zero-order chi connectivity index (χ0) is 10.7. The van der Waals surface area contributed by atoms with Gasteiger partial charge < -0.3 is 10.5 Å². The summed E-state index contributed by atoms with van der Waals surface area (Å²) in [6.45, 7) is 0. The Hall–Kier alpha value is -1.55. The first-order chi connectivity index (χ1) is 7.25. The van der Waals surface area contributed by atoms with Crippen molar-refractivity contribution >= 4 is 21.7 Å². The van der Waals surface area contributed by atoms with E-state index in [1.165, 1.54) is 0 Å². The number of anilines is 1. The van der Waals surface area contributed by atoms with E-state index in [4.69, 9.17) is 10.5 Å². The van der Waals surface area contributed by atoms with Crippen LogP contribution in [-0.2, 0) is 0 Å². The van der Waals surface area contributed by atoms with Gasteiger partial charge in [-0.05, 0) is 34.1 Å². The Morgan fingerprint density at radius 3 is 2.60 bits per heavy atom. The van der Waals surface area contributed by atoms with Crippen LogP contribution >= 0.6 is 15.9 Å².